The fourth-order valence-electron chi connectivity index (χ4n) is 6.61. The van der Waals surface area contributed by atoms with Crippen molar-refractivity contribution in [3.63, 3.8) is 0 Å². The highest BCUT2D eigenvalue weighted by Crippen LogP contribution is 2.45. The SMILES string of the molecule is CC(C=CC=C(C)C(=O)OCC1OC(c2c(O)cc3oc4cc(O)c(O)cc4c(=O)c3c2O)C(O)C(O)C1O)=CC=CC=C(C)C=CC=C(C)C(=O)OC1OC(CO)C(O)C(O)C1O. The minimum Gasteiger partial charge on any atom is -0.507 e. The van der Waals surface area contributed by atoms with E-state index in [-0.39, 0.29) is 27.7 Å². The molecule has 0 spiro atoms. The third-order valence-corrected chi connectivity index (χ3v) is 10.4. The second kappa shape index (κ2) is 21.0. The monoisotopic (exact) mass is 894 g/mol. The zero-order valence-electron chi connectivity index (χ0n) is 34.9. The summed E-state index contributed by atoms with van der Waals surface area (Å²) in [6.45, 7) is 5.25. The lowest BCUT2D eigenvalue weighted by Gasteiger charge is -2.40. The van der Waals surface area contributed by atoms with Gasteiger partial charge < -0.3 is 79.5 Å². The Morgan fingerprint density at radius 3 is 1.80 bits per heavy atom. The van der Waals surface area contributed by atoms with Crippen molar-refractivity contribution in [1.82, 2.24) is 0 Å². The number of hydrogen-bond donors (Lipinski definition) is 11. The van der Waals surface area contributed by atoms with Crippen LogP contribution >= 0.6 is 0 Å². The molecule has 2 aliphatic rings. The van der Waals surface area contributed by atoms with E-state index in [9.17, 15) is 70.6 Å². The number of phenolic OH excluding ortho intramolecular Hbond substituents is 4. The van der Waals surface area contributed by atoms with Gasteiger partial charge in [0.05, 0.1) is 17.6 Å². The molecule has 2 saturated heterocycles. The van der Waals surface area contributed by atoms with Crippen LogP contribution in [-0.4, -0.2) is 136 Å². The van der Waals surface area contributed by atoms with Crippen molar-refractivity contribution >= 4 is 33.9 Å². The van der Waals surface area contributed by atoms with E-state index in [1.54, 1.807) is 48.6 Å². The van der Waals surface area contributed by atoms with Gasteiger partial charge in [-0.1, -0.05) is 71.9 Å². The average Bonchev–Trinajstić information content (AvgIpc) is 3.25. The number of aliphatic hydroxyl groups excluding tert-OH is 7. The van der Waals surface area contributed by atoms with Crippen LogP contribution in [0.1, 0.15) is 39.4 Å². The minimum atomic E-state index is -1.95. The molecule has 3 aromatic rings. The highest BCUT2D eigenvalue weighted by Gasteiger charge is 2.47. The maximum absolute atomic E-state index is 13.3. The maximum Gasteiger partial charge on any atom is 0.336 e. The maximum atomic E-state index is 13.3. The summed E-state index contributed by atoms with van der Waals surface area (Å²) >= 11 is 0. The molecule has 19 nitrogen and oxygen atoms in total. The molecule has 10 atom stereocenters. The zero-order chi connectivity index (χ0) is 47.2. The fourth-order valence-corrected chi connectivity index (χ4v) is 6.61. The van der Waals surface area contributed by atoms with Crippen molar-refractivity contribution in [3.8, 4) is 23.0 Å². The second-order valence-corrected chi connectivity index (χ2v) is 15.2. The van der Waals surface area contributed by atoms with E-state index in [2.05, 4.69) is 0 Å². The smallest absolute Gasteiger partial charge is 0.336 e. The van der Waals surface area contributed by atoms with Crippen molar-refractivity contribution in [2.24, 2.45) is 0 Å². The molecule has 1 aromatic heterocycles. The van der Waals surface area contributed by atoms with E-state index in [1.807, 2.05) is 13.8 Å². The van der Waals surface area contributed by atoms with Crippen LogP contribution in [0.4, 0.5) is 0 Å². The van der Waals surface area contributed by atoms with E-state index in [0.29, 0.717) is 0 Å². The van der Waals surface area contributed by atoms with Gasteiger partial charge in [-0.05, 0) is 33.8 Å². The van der Waals surface area contributed by atoms with Gasteiger partial charge >= 0.3 is 11.9 Å². The number of carbonyl (C=O) groups excluding carboxylic acids is 2. The first-order valence-electron chi connectivity index (χ1n) is 19.7. The van der Waals surface area contributed by atoms with Gasteiger partial charge in [0.25, 0.3) is 0 Å². The first-order valence-corrected chi connectivity index (χ1v) is 19.7. The number of esters is 2. The molecule has 0 aliphatic carbocycles. The highest BCUT2D eigenvalue weighted by atomic mass is 16.7. The molecular formula is C45H50O19. The van der Waals surface area contributed by atoms with Crippen LogP contribution in [0.15, 0.2) is 110 Å². The zero-order valence-corrected chi connectivity index (χ0v) is 34.9. The van der Waals surface area contributed by atoms with E-state index < -0.39 is 126 Å². The summed E-state index contributed by atoms with van der Waals surface area (Å²) < 4.78 is 26.9. The normalized spacial score (nSPS) is 27.6. The van der Waals surface area contributed by atoms with Crippen LogP contribution < -0.4 is 5.43 Å². The predicted molar refractivity (Wildman–Crippen MR) is 226 cm³/mol. The third kappa shape index (κ3) is 11.0. The molecule has 10 unspecified atom stereocenters. The number of fused-ring (bicyclic) bond motifs is 2. The van der Waals surface area contributed by atoms with Crippen LogP contribution in [0.5, 0.6) is 23.0 Å². The number of hydrogen-bond acceptors (Lipinski definition) is 19. The Hall–Kier alpha value is -6.13. The Bertz CT molecular complexity index is 2510. The fraction of sp³-hybridized carbons (Fsp3) is 0.356. The number of benzene rings is 2. The molecule has 5 rings (SSSR count). The summed E-state index contributed by atoms with van der Waals surface area (Å²) in [7, 11) is 0. The van der Waals surface area contributed by atoms with Crippen molar-refractivity contribution in [2.75, 3.05) is 13.2 Å². The van der Waals surface area contributed by atoms with Crippen LogP contribution in [-0.2, 0) is 28.5 Å². The number of phenols is 4. The number of rotatable bonds is 13. The van der Waals surface area contributed by atoms with Crippen LogP contribution in [0, 0.1) is 0 Å². The lowest BCUT2D eigenvalue weighted by molar-refractivity contribution is -0.291. The second-order valence-electron chi connectivity index (χ2n) is 15.2. The van der Waals surface area contributed by atoms with Crippen LogP contribution in [0.3, 0.4) is 0 Å². The molecule has 2 aromatic carbocycles. The van der Waals surface area contributed by atoms with Gasteiger partial charge in [0.2, 0.25) is 11.7 Å². The van der Waals surface area contributed by atoms with Crippen molar-refractivity contribution in [3.05, 3.63) is 117 Å². The lowest BCUT2D eigenvalue weighted by Crippen LogP contribution is -2.59. The summed E-state index contributed by atoms with van der Waals surface area (Å²) in [5.74, 6) is -4.52. The first-order chi connectivity index (χ1) is 30.2. The molecule has 3 heterocycles. The van der Waals surface area contributed by atoms with Crippen molar-refractivity contribution in [1.29, 1.82) is 0 Å². The molecule has 0 bridgehead atoms. The minimum absolute atomic E-state index is 0.141. The van der Waals surface area contributed by atoms with Gasteiger partial charge in [-0.15, -0.1) is 0 Å². The largest absolute Gasteiger partial charge is 0.507 e. The third-order valence-electron chi connectivity index (χ3n) is 10.4. The number of ether oxygens (including phenoxy) is 4. The molecule has 0 saturated carbocycles. The average molecular weight is 895 g/mol. The lowest BCUT2D eigenvalue weighted by atomic mass is 9.89. The van der Waals surface area contributed by atoms with Gasteiger partial charge in [-0.25, -0.2) is 9.59 Å². The van der Waals surface area contributed by atoms with Crippen LogP contribution in [0.25, 0.3) is 21.9 Å². The number of allylic oxidation sites excluding steroid dienone is 12. The topological polar surface area (TPSA) is 324 Å². The molecule has 64 heavy (non-hydrogen) atoms. The van der Waals surface area contributed by atoms with Crippen LogP contribution in [0.2, 0.25) is 0 Å². The van der Waals surface area contributed by atoms with Gasteiger partial charge in [0.15, 0.2) is 11.5 Å². The molecule has 2 fully saturated rings. The summed E-state index contributed by atoms with van der Waals surface area (Å²) in [5.41, 5.74) is -0.0149. The Morgan fingerprint density at radius 2 is 1.19 bits per heavy atom. The van der Waals surface area contributed by atoms with Gasteiger partial charge in [0, 0.05) is 23.3 Å². The van der Waals surface area contributed by atoms with Gasteiger partial charge in [-0.2, -0.15) is 0 Å². The standard InChI is InChI=1S/C45H50O19/c1-20(9-5-6-10-21(2)12-8-14-23(4)44(59)64-45-41(57)39(55)35(51)30(18-46)63-45)11-7-13-22(3)43(58)60-19-31-36(52)38(54)40(56)42(62-31)32-27(49)17-29-33(37(32)53)34(50)24-15-25(47)26(48)16-28(24)61-29/h5-17,30-31,35-36,38-42,45-49,51-57H,18-19H2,1-4H3. The quantitative estimate of drug-likeness (QED) is 0.0382. The number of carbonyl (C=O) groups is 2. The van der Waals surface area contributed by atoms with Crippen molar-refractivity contribution in [2.45, 2.75) is 88.9 Å². The number of aliphatic hydroxyl groups is 7. The Balaban J connectivity index is 1.15. The molecular weight excluding hydrogens is 844 g/mol. The first kappa shape index (κ1) is 48.9. The Labute approximate surface area is 364 Å². The molecule has 19 heteroatoms. The highest BCUT2D eigenvalue weighted by molar-refractivity contribution is 5.96. The van der Waals surface area contributed by atoms with E-state index >= 15 is 0 Å². The van der Waals surface area contributed by atoms with E-state index in [4.69, 9.17) is 23.4 Å². The van der Waals surface area contributed by atoms with Gasteiger partial charge in [-0.3, -0.25) is 4.79 Å². The number of aromatic hydroxyl groups is 4. The molecule has 2 aliphatic heterocycles. The Morgan fingerprint density at radius 1 is 0.641 bits per heavy atom. The molecule has 0 amide bonds. The van der Waals surface area contributed by atoms with E-state index in [1.165, 1.54) is 26.0 Å². The van der Waals surface area contributed by atoms with Crippen molar-refractivity contribution < 1.29 is 89.1 Å². The molecule has 344 valence electrons. The summed E-state index contributed by atoms with van der Waals surface area (Å²) in [6, 6.07) is 2.83. The molecule has 0 radical (unpaired) electrons. The van der Waals surface area contributed by atoms with Gasteiger partial charge in [0.1, 0.15) is 89.6 Å². The Kier molecular flexibility index (Phi) is 16.1. The summed E-state index contributed by atoms with van der Waals surface area (Å²) in [5, 5.41) is 112. The summed E-state index contributed by atoms with van der Waals surface area (Å²) in [4.78, 5) is 38.6. The van der Waals surface area contributed by atoms with E-state index in [0.717, 1.165) is 29.3 Å². The summed E-state index contributed by atoms with van der Waals surface area (Å²) in [6.07, 6.45) is -0.0276. The molecule has 11 N–H and O–H groups in total. The predicted octanol–water partition coefficient (Wildman–Crippen LogP) is 1.63.